The minimum Gasteiger partial charge on any atom is -0.493 e. The molecule has 0 saturated carbocycles. The van der Waals surface area contributed by atoms with E-state index in [2.05, 4.69) is 5.32 Å². The summed E-state index contributed by atoms with van der Waals surface area (Å²) in [6.07, 6.45) is 3.17. The summed E-state index contributed by atoms with van der Waals surface area (Å²) in [7, 11) is 1.59. The van der Waals surface area contributed by atoms with Gasteiger partial charge in [0, 0.05) is 18.6 Å². The molecule has 0 spiro atoms. The van der Waals surface area contributed by atoms with Gasteiger partial charge in [-0.1, -0.05) is 11.6 Å². The normalized spacial score (nSPS) is 17.5. The summed E-state index contributed by atoms with van der Waals surface area (Å²) >= 11 is 6.03. The molecule has 0 bridgehead atoms. The van der Waals surface area contributed by atoms with Crippen LogP contribution in [0.2, 0.25) is 5.02 Å². The van der Waals surface area contributed by atoms with Gasteiger partial charge in [-0.3, -0.25) is 9.59 Å². The number of nitrogens with zero attached hydrogens (tertiary/aromatic N) is 1. The molecule has 24 heavy (non-hydrogen) atoms. The Bertz CT molecular complexity index is 594. The summed E-state index contributed by atoms with van der Waals surface area (Å²) in [6.45, 7) is 1.48. The molecule has 1 aromatic carbocycles. The lowest BCUT2D eigenvalue weighted by Gasteiger charge is -2.34. The number of ether oxygens (including phenoxy) is 1. The number of amides is 2. The van der Waals surface area contributed by atoms with Gasteiger partial charge in [-0.15, -0.1) is 0 Å². The standard InChI is InChI=1S/C17H24ClN3O3/c1-20-16(22)14-5-2-3-9-21(14)17(23)13-7-6-12(18)11-15(13)24-10-4-8-19/h6-7,11,14H,2-5,8-10,19H2,1H3,(H,20,22). The van der Waals surface area contributed by atoms with Crippen molar-refractivity contribution in [3.05, 3.63) is 28.8 Å². The maximum atomic E-state index is 13.0. The molecule has 2 rings (SSSR count). The van der Waals surface area contributed by atoms with Crippen LogP contribution in [0.3, 0.4) is 0 Å². The summed E-state index contributed by atoms with van der Waals surface area (Å²) < 4.78 is 5.68. The minimum atomic E-state index is -0.441. The summed E-state index contributed by atoms with van der Waals surface area (Å²) in [5, 5.41) is 3.13. The van der Waals surface area contributed by atoms with Gasteiger partial charge in [-0.05, 0) is 50.4 Å². The van der Waals surface area contributed by atoms with Crippen molar-refractivity contribution in [2.45, 2.75) is 31.7 Å². The smallest absolute Gasteiger partial charge is 0.258 e. The van der Waals surface area contributed by atoms with E-state index in [0.29, 0.717) is 48.9 Å². The van der Waals surface area contributed by atoms with Gasteiger partial charge in [-0.2, -0.15) is 0 Å². The number of halogens is 1. The zero-order valence-electron chi connectivity index (χ0n) is 13.9. The minimum absolute atomic E-state index is 0.136. The number of nitrogens with one attached hydrogen (secondary N) is 1. The summed E-state index contributed by atoms with van der Waals surface area (Å²) in [6, 6.07) is 4.50. The van der Waals surface area contributed by atoms with Crippen LogP contribution in [0.25, 0.3) is 0 Å². The number of carbonyl (C=O) groups excluding carboxylic acids is 2. The van der Waals surface area contributed by atoms with Crippen molar-refractivity contribution in [1.29, 1.82) is 0 Å². The highest BCUT2D eigenvalue weighted by Gasteiger charge is 2.33. The zero-order valence-corrected chi connectivity index (χ0v) is 14.6. The van der Waals surface area contributed by atoms with Crippen LogP contribution in [0.1, 0.15) is 36.0 Å². The van der Waals surface area contributed by atoms with Gasteiger partial charge in [0.05, 0.1) is 12.2 Å². The van der Waals surface area contributed by atoms with Crippen molar-refractivity contribution in [2.24, 2.45) is 5.73 Å². The molecule has 6 nitrogen and oxygen atoms in total. The summed E-state index contributed by atoms with van der Waals surface area (Å²) in [5.74, 6) is 0.0903. The van der Waals surface area contributed by atoms with E-state index in [0.717, 1.165) is 12.8 Å². The summed E-state index contributed by atoms with van der Waals surface area (Å²) in [4.78, 5) is 26.7. The highest BCUT2D eigenvalue weighted by atomic mass is 35.5. The average Bonchev–Trinajstić information content (AvgIpc) is 2.61. The Kier molecular flexibility index (Phi) is 6.87. The van der Waals surface area contributed by atoms with Crippen LogP contribution < -0.4 is 15.8 Å². The average molecular weight is 354 g/mol. The van der Waals surface area contributed by atoms with Crippen molar-refractivity contribution in [3.8, 4) is 5.75 Å². The lowest BCUT2D eigenvalue weighted by Crippen LogP contribution is -2.51. The van der Waals surface area contributed by atoms with Crippen LogP contribution in [0, 0.1) is 0 Å². The van der Waals surface area contributed by atoms with Gasteiger partial charge in [0.25, 0.3) is 5.91 Å². The second-order valence-electron chi connectivity index (χ2n) is 5.76. The molecule has 1 fully saturated rings. The Hall–Kier alpha value is -1.79. The lowest BCUT2D eigenvalue weighted by molar-refractivity contribution is -0.126. The van der Waals surface area contributed by atoms with E-state index in [9.17, 15) is 9.59 Å². The fourth-order valence-corrected chi connectivity index (χ4v) is 2.99. The van der Waals surface area contributed by atoms with Crippen molar-refractivity contribution >= 4 is 23.4 Å². The monoisotopic (exact) mass is 353 g/mol. The molecule has 1 heterocycles. The van der Waals surface area contributed by atoms with Crippen molar-refractivity contribution < 1.29 is 14.3 Å². The van der Waals surface area contributed by atoms with E-state index in [-0.39, 0.29) is 11.8 Å². The molecule has 1 atom stereocenters. The highest BCUT2D eigenvalue weighted by Crippen LogP contribution is 2.28. The van der Waals surface area contributed by atoms with E-state index in [1.807, 2.05) is 0 Å². The predicted octanol–water partition coefficient (Wildman–Crippen LogP) is 1.81. The predicted molar refractivity (Wildman–Crippen MR) is 93.4 cm³/mol. The van der Waals surface area contributed by atoms with E-state index in [1.54, 1.807) is 30.1 Å². The van der Waals surface area contributed by atoms with Crippen molar-refractivity contribution in [1.82, 2.24) is 10.2 Å². The Morgan fingerprint density at radius 2 is 2.21 bits per heavy atom. The third-order valence-corrected chi connectivity index (χ3v) is 4.33. The van der Waals surface area contributed by atoms with Gasteiger partial charge >= 0.3 is 0 Å². The van der Waals surface area contributed by atoms with Gasteiger partial charge in [0.1, 0.15) is 11.8 Å². The molecule has 1 aliphatic heterocycles. The Morgan fingerprint density at radius 3 is 2.92 bits per heavy atom. The van der Waals surface area contributed by atoms with Gasteiger partial charge in [0.15, 0.2) is 0 Å². The second-order valence-corrected chi connectivity index (χ2v) is 6.19. The Balaban J connectivity index is 2.25. The number of piperidine rings is 1. The molecule has 3 N–H and O–H groups in total. The zero-order chi connectivity index (χ0) is 17.5. The maximum Gasteiger partial charge on any atom is 0.258 e. The Morgan fingerprint density at radius 1 is 1.42 bits per heavy atom. The van der Waals surface area contributed by atoms with Crippen LogP contribution in [0.4, 0.5) is 0 Å². The number of nitrogens with two attached hydrogens (primary N) is 1. The van der Waals surface area contributed by atoms with E-state index in [1.165, 1.54) is 0 Å². The molecular weight excluding hydrogens is 330 g/mol. The van der Waals surface area contributed by atoms with E-state index in [4.69, 9.17) is 22.1 Å². The number of rotatable bonds is 6. The number of benzene rings is 1. The summed E-state index contributed by atoms with van der Waals surface area (Å²) in [5.41, 5.74) is 5.90. The van der Waals surface area contributed by atoms with E-state index < -0.39 is 6.04 Å². The SMILES string of the molecule is CNC(=O)C1CCCCN1C(=O)c1ccc(Cl)cc1OCCCN. The van der Waals surface area contributed by atoms with Crippen LogP contribution in [0.5, 0.6) is 5.75 Å². The molecular formula is C17H24ClN3O3. The first-order chi connectivity index (χ1) is 11.6. The molecule has 7 heteroatoms. The number of hydrogen-bond donors (Lipinski definition) is 2. The molecule has 0 radical (unpaired) electrons. The molecule has 1 saturated heterocycles. The third kappa shape index (κ3) is 4.39. The number of hydrogen-bond acceptors (Lipinski definition) is 4. The van der Waals surface area contributed by atoms with Gasteiger partial charge in [-0.25, -0.2) is 0 Å². The van der Waals surface area contributed by atoms with Crippen LogP contribution in [0.15, 0.2) is 18.2 Å². The topological polar surface area (TPSA) is 84.7 Å². The first kappa shape index (κ1) is 18.5. The van der Waals surface area contributed by atoms with Crippen molar-refractivity contribution in [2.75, 3.05) is 26.7 Å². The third-order valence-electron chi connectivity index (χ3n) is 4.09. The van der Waals surface area contributed by atoms with Gasteiger partial charge < -0.3 is 20.7 Å². The largest absolute Gasteiger partial charge is 0.493 e. The number of likely N-dealkylation sites (N-methyl/N-ethyl adjacent to an activating group) is 1. The molecule has 0 aliphatic carbocycles. The van der Waals surface area contributed by atoms with Crippen molar-refractivity contribution in [3.63, 3.8) is 0 Å². The fourth-order valence-electron chi connectivity index (χ4n) is 2.83. The lowest BCUT2D eigenvalue weighted by atomic mass is 10.00. The molecule has 2 amide bonds. The molecule has 132 valence electrons. The number of carbonyl (C=O) groups is 2. The second kappa shape index (κ2) is 8.89. The fraction of sp³-hybridized carbons (Fsp3) is 0.529. The first-order valence-electron chi connectivity index (χ1n) is 8.23. The van der Waals surface area contributed by atoms with Crippen LogP contribution >= 0.6 is 11.6 Å². The Labute approximate surface area is 147 Å². The molecule has 1 unspecified atom stereocenters. The molecule has 1 aliphatic rings. The van der Waals surface area contributed by atoms with E-state index >= 15 is 0 Å². The highest BCUT2D eigenvalue weighted by molar-refractivity contribution is 6.30. The number of likely N-dealkylation sites (tertiary alicyclic amines) is 1. The molecule has 0 aromatic heterocycles. The maximum absolute atomic E-state index is 13.0. The first-order valence-corrected chi connectivity index (χ1v) is 8.61. The van der Waals surface area contributed by atoms with Crippen LogP contribution in [-0.2, 0) is 4.79 Å². The van der Waals surface area contributed by atoms with Crippen LogP contribution in [-0.4, -0.2) is 49.5 Å². The molecule has 1 aromatic rings. The van der Waals surface area contributed by atoms with Gasteiger partial charge in [0.2, 0.25) is 5.91 Å². The quantitative estimate of drug-likeness (QED) is 0.764.